The topological polar surface area (TPSA) is 38.3 Å². The minimum Gasteiger partial charge on any atom is -0.484 e. The molecule has 118 valence electrons. The fourth-order valence-corrected chi connectivity index (χ4v) is 3.60. The molecule has 0 aliphatic carbocycles. The van der Waals surface area contributed by atoms with Crippen molar-refractivity contribution in [1.82, 2.24) is 5.32 Å². The van der Waals surface area contributed by atoms with E-state index in [1.807, 2.05) is 24.8 Å². The Morgan fingerprint density at radius 2 is 2.27 bits per heavy atom. The summed E-state index contributed by atoms with van der Waals surface area (Å²) in [5.41, 5.74) is 2.26. The molecule has 2 aromatic rings. The number of carbonyl (C=O) groups excluding carboxylic acids is 1. The molecule has 1 aromatic carbocycles. The number of ether oxygens (including phenoxy) is 1. The van der Waals surface area contributed by atoms with Crippen molar-refractivity contribution in [3.05, 3.63) is 51.2 Å². The molecular formula is C16H18ClNO2S2. The molecule has 0 saturated carbocycles. The van der Waals surface area contributed by atoms with Crippen LogP contribution < -0.4 is 10.1 Å². The third-order valence-corrected chi connectivity index (χ3v) is 4.91. The lowest BCUT2D eigenvalue weighted by Gasteiger charge is -2.09. The molecule has 0 radical (unpaired) electrons. The lowest BCUT2D eigenvalue weighted by molar-refractivity contribution is -0.122. The fraction of sp³-hybridized carbons (Fsp3) is 0.312. The van der Waals surface area contributed by atoms with Gasteiger partial charge >= 0.3 is 0 Å². The first-order valence-corrected chi connectivity index (χ1v) is 9.37. The highest BCUT2D eigenvalue weighted by atomic mass is 35.5. The monoisotopic (exact) mass is 355 g/mol. The van der Waals surface area contributed by atoms with Crippen molar-refractivity contribution in [3.63, 3.8) is 0 Å². The fourth-order valence-electron chi connectivity index (χ4n) is 1.80. The van der Waals surface area contributed by atoms with Crippen LogP contribution in [-0.2, 0) is 10.5 Å². The van der Waals surface area contributed by atoms with E-state index in [1.165, 1.54) is 5.56 Å². The van der Waals surface area contributed by atoms with E-state index < -0.39 is 0 Å². The summed E-state index contributed by atoms with van der Waals surface area (Å²) in [6.45, 7) is 2.58. The van der Waals surface area contributed by atoms with Crippen LogP contribution in [0.3, 0.4) is 0 Å². The van der Waals surface area contributed by atoms with Crippen LogP contribution in [0.1, 0.15) is 11.1 Å². The van der Waals surface area contributed by atoms with Crippen molar-refractivity contribution in [2.45, 2.75) is 12.7 Å². The number of thiophene rings is 1. The Kier molecular flexibility index (Phi) is 7.09. The number of thioether (sulfide) groups is 1. The quantitative estimate of drug-likeness (QED) is 0.723. The Morgan fingerprint density at radius 1 is 1.41 bits per heavy atom. The summed E-state index contributed by atoms with van der Waals surface area (Å²) in [6.07, 6.45) is 0. The smallest absolute Gasteiger partial charge is 0.257 e. The van der Waals surface area contributed by atoms with Gasteiger partial charge in [-0.25, -0.2) is 0 Å². The maximum atomic E-state index is 11.7. The van der Waals surface area contributed by atoms with Gasteiger partial charge < -0.3 is 10.1 Å². The van der Waals surface area contributed by atoms with Crippen LogP contribution in [0.15, 0.2) is 35.0 Å². The minimum absolute atomic E-state index is 0.0255. The number of nitrogens with one attached hydrogen (secondary N) is 1. The van der Waals surface area contributed by atoms with Crippen LogP contribution in [0.25, 0.3) is 0 Å². The molecule has 6 heteroatoms. The molecule has 0 aliphatic rings. The second-order valence-corrected chi connectivity index (χ2v) is 7.05. The van der Waals surface area contributed by atoms with Crippen LogP contribution >= 0.6 is 34.7 Å². The van der Waals surface area contributed by atoms with Crippen molar-refractivity contribution in [2.75, 3.05) is 18.9 Å². The third-order valence-electron chi connectivity index (χ3n) is 2.91. The van der Waals surface area contributed by atoms with E-state index in [4.69, 9.17) is 16.3 Å². The number of hydrogen-bond acceptors (Lipinski definition) is 4. The van der Waals surface area contributed by atoms with E-state index in [0.717, 1.165) is 17.1 Å². The van der Waals surface area contributed by atoms with Gasteiger partial charge in [-0.1, -0.05) is 11.6 Å². The second-order valence-electron chi connectivity index (χ2n) is 4.73. The van der Waals surface area contributed by atoms with Gasteiger partial charge in [0.2, 0.25) is 0 Å². The zero-order chi connectivity index (χ0) is 15.8. The molecule has 0 atom stereocenters. The molecule has 1 aromatic heterocycles. The van der Waals surface area contributed by atoms with Gasteiger partial charge in [0.25, 0.3) is 5.91 Å². The average Bonchev–Trinajstić information content (AvgIpc) is 2.99. The summed E-state index contributed by atoms with van der Waals surface area (Å²) < 4.78 is 5.49. The summed E-state index contributed by atoms with van der Waals surface area (Å²) in [4.78, 5) is 11.7. The molecule has 22 heavy (non-hydrogen) atoms. The van der Waals surface area contributed by atoms with Crippen LogP contribution in [0.4, 0.5) is 0 Å². The highest BCUT2D eigenvalue weighted by Gasteiger charge is 2.05. The van der Waals surface area contributed by atoms with Gasteiger partial charge in [-0.15, -0.1) is 0 Å². The zero-order valence-electron chi connectivity index (χ0n) is 12.3. The molecule has 3 nitrogen and oxygen atoms in total. The lowest BCUT2D eigenvalue weighted by Crippen LogP contribution is -2.30. The Balaban J connectivity index is 1.59. The van der Waals surface area contributed by atoms with E-state index in [2.05, 4.69) is 22.1 Å². The molecule has 0 aliphatic heterocycles. The van der Waals surface area contributed by atoms with E-state index >= 15 is 0 Å². The number of amides is 1. The maximum Gasteiger partial charge on any atom is 0.257 e. The van der Waals surface area contributed by atoms with E-state index in [9.17, 15) is 4.79 Å². The van der Waals surface area contributed by atoms with Crippen molar-refractivity contribution in [2.24, 2.45) is 0 Å². The highest BCUT2D eigenvalue weighted by Crippen LogP contribution is 2.21. The van der Waals surface area contributed by atoms with E-state index in [-0.39, 0.29) is 12.5 Å². The number of carbonyl (C=O) groups is 1. The Bertz CT molecular complexity index is 602. The SMILES string of the molecule is Cc1cc(Cl)ccc1OCC(=O)NCCSCc1ccsc1. The summed E-state index contributed by atoms with van der Waals surface area (Å²) in [5.74, 6) is 2.46. The van der Waals surface area contributed by atoms with Gasteiger partial charge in [0.05, 0.1) is 0 Å². The molecule has 0 fully saturated rings. The van der Waals surface area contributed by atoms with Gasteiger partial charge in [0, 0.05) is 23.1 Å². The van der Waals surface area contributed by atoms with Crippen molar-refractivity contribution in [3.8, 4) is 5.75 Å². The molecule has 0 saturated heterocycles. The van der Waals surface area contributed by atoms with Gasteiger partial charge in [0.1, 0.15) is 5.75 Å². The van der Waals surface area contributed by atoms with Crippen LogP contribution in [0.2, 0.25) is 5.02 Å². The van der Waals surface area contributed by atoms with Crippen molar-refractivity contribution < 1.29 is 9.53 Å². The van der Waals surface area contributed by atoms with Crippen LogP contribution in [0.5, 0.6) is 5.75 Å². The summed E-state index contributed by atoms with van der Waals surface area (Å²) in [6, 6.07) is 7.47. The summed E-state index contributed by atoms with van der Waals surface area (Å²) in [5, 5.41) is 7.74. The first-order valence-electron chi connectivity index (χ1n) is 6.89. The summed E-state index contributed by atoms with van der Waals surface area (Å²) >= 11 is 9.39. The molecule has 0 bridgehead atoms. The van der Waals surface area contributed by atoms with Gasteiger partial charge in [-0.2, -0.15) is 23.1 Å². The van der Waals surface area contributed by atoms with Crippen molar-refractivity contribution >= 4 is 40.6 Å². The van der Waals surface area contributed by atoms with Gasteiger partial charge in [-0.05, 0) is 53.1 Å². The van der Waals surface area contributed by atoms with Crippen LogP contribution in [-0.4, -0.2) is 24.8 Å². The number of hydrogen-bond donors (Lipinski definition) is 1. The Morgan fingerprint density at radius 3 is 3.00 bits per heavy atom. The summed E-state index contributed by atoms with van der Waals surface area (Å²) in [7, 11) is 0. The third kappa shape index (κ3) is 5.91. The number of halogens is 1. The molecule has 1 heterocycles. The van der Waals surface area contributed by atoms with Gasteiger partial charge in [-0.3, -0.25) is 4.79 Å². The average molecular weight is 356 g/mol. The lowest BCUT2D eigenvalue weighted by atomic mass is 10.2. The molecular weight excluding hydrogens is 338 g/mol. The predicted molar refractivity (Wildman–Crippen MR) is 95.2 cm³/mol. The second kappa shape index (κ2) is 9.08. The molecule has 2 rings (SSSR count). The normalized spacial score (nSPS) is 10.5. The highest BCUT2D eigenvalue weighted by molar-refractivity contribution is 7.98. The molecule has 0 spiro atoms. The number of aryl methyl sites for hydroxylation is 1. The minimum atomic E-state index is -0.106. The standard InChI is InChI=1S/C16H18ClNO2S2/c1-12-8-14(17)2-3-15(12)20-9-16(19)18-5-7-22-11-13-4-6-21-10-13/h2-4,6,8,10H,5,7,9,11H2,1H3,(H,18,19). The number of rotatable bonds is 8. The Hall–Kier alpha value is -1.17. The molecule has 1 amide bonds. The predicted octanol–water partition coefficient (Wildman–Crippen LogP) is 4.14. The molecule has 1 N–H and O–H groups in total. The van der Waals surface area contributed by atoms with Gasteiger partial charge in [0.15, 0.2) is 6.61 Å². The largest absolute Gasteiger partial charge is 0.484 e. The Labute approximate surface area is 144 Å². The van der Waals surface area contributed by atoms with E-state index in [1.54, 1.807) is 23.5 Å². The van der Waals surface area contributed by atoms with Crippen LogP contribution in [0, 0.1) is 6.92 Å². The number of benzene rings is 1. The molecule has 0 unspecified atom stereocenters. The first kappa shape index (κ1) is 17.2. The first-order chi connectivity index (χ1) is 10.6. The van der Waals surface area contributed by atoms with E-state index in [0.29, 0.717) is 17.3 Å². The zero-order valence-corrected chi connectivity index (χ0v) is 14.7. The van der Waals surface area contributed by atoms with Crippen molar-refractivity contribution in [1.29, 1.82) is 0 Å². The maximum absolute atomic E-state index is 11.7.